The van der Waals surface area contributed by atoms with Gasteiger partial charge in [0, 0.05) is 5.56 Å². The van der Waals surface area contributed by atoms with Gasteiger partial charge in [0.25, 0.3) is 0 Å². The Kier molecular flexibility index (Phi) is 7.81. The molecule has 0 atom stereocenters. The number of nitrogens with zero attached hydrogens (tertiary/aromatic N) is 1. The number of methoxy groups -OCH3 is 1. The van der Waals surface area contributed by atoms with Crippen molar-refractivity contribution in [3.63, 3.8) is 0 Å². The van der Waals surface area contributed by atoms with Crippen LogP contribution < -0.4 is 14.9 Å². The number of amides is 1. The molecule has 0 unspecified atom stereocenters. The fourth-order valence-corrected chi connectivity index (χ4v) is 1.63. The number of carbonyl (C=O) groups is 1. The van der Waals surface area contributed by atoms with Crippen LogP contribution in [0.5, 0.6) is 11.5 Å². The molecule has 0 heterocycles. The highest BCUT2D eigenvalue weighted by molar-refractivity contribution is 5.99. The molecule has 0 spiro atoms. The van der Waals surface area contributed by atoms with E-state index in [4.69, 9.17) is 9.47 Å². The van der Waals surface area contributed by atoms with Crippen LogP contribution in [0, 0.1) is 0 Å². The van der Waals surface area contributed by atoms with E-state index in [2.05, 4.69) is 22.2 Å². The molecule has 1 aromatic carbocycles. The number of ether oxygens (including phenoxy) is 3. The van der Waals surface area contributed by atoms with Crippen molar-refractivity contribution in [2.75, 3.05) is 20.3 Å². The number of carbonyl (C=O) groups excluding carboxylic acids is 1. The second-order valence-corrected chi connectivity index (χ2v) is 4.66. The van der Waals surface area contributed by atoms with Crippen molar-refractivity contribution in [1.82, 2.24) is 5.43 Å². The first-order valence-corrected chi connectivity index (χ1v) is 7.40. The minimum Gasteiger partial charge on any atom is -0.490 e. The lowest BCUT2D eigenvalue weighted by molar-refractivity contribution is 0.171. The van der Waals surface area contributed by atoms with Crippen LogP contribution in [-0.4, -0.2) is 32.1 Å². The van der Waals surface area contributed by atoms with E-state index in [1.54, 1.807) is 6.92 Å². The molecule has 6 nitrogen and oxygen atoms in total. The lowest BCUT2D eigenvalue weighted by atomic mass is 10.1. The van der Waals surface area contributed by atoms with E-state index in [9.17, 15) is 4.79 Å². The van der Waals surface area contributed by atoms with Gasteiger partial charge in [-0.15, -0.1) is 0 Å². The molecule has 1 rings (SSSR count). The molecule has 1 amide bonds. The molecule has 0 aromatic heterocycles. The van der Waals surface area contributed by atoms with Gasteiger partial charge in [0.15, 0.2) is 11.5 Å². The van der Waals surface area contributed by atoms with E-state index in [1.807, 2.05) is 25.1 Å². The second kappa shape index (κ2) is 9.65. The lowest BCUT2D eigenvalue weighted by Gasteiger charge is -2.13. The van der Waals surface area contributed by atoms with Crippen LogP contribution in [0.4, 0.5) is 4.79 Å². The van der Waals surface area contributed by atoms with Crippen LogP contribution in [0.25, 0.3) is 0 Å². The van der Waals surface area contributed by atoms with E-state index >= 15 is 0 Å². The van der Waals surface area contributed by atoms with Gasteiger partial charge in [-0.1, -0.05) is 13.8 Å². The number of hydrazone groups is 1. The zero-order chi connectivity index (χ0) is 16.4. The van der Waals surface area contributed by atoms with Crippen LogP contribution in [0.3, 0.4) is 0 Å². The van der Waals surface area contributed by atoms with Crippen molar-refractivity contribution >= 4 is 11.8 Å². The molecule has 0 aliphatic heterocycles. The Hall–Kier alpha value is -2.24. The molecule has 0 radical (unpaired) electrons. The van der Waals surface area contributed by atoms with Gasteiger partial charge >= 0.3 is 6.09 Å². The molecule has 0 fully saturated rings. The Labute approximate surface area is 131 Å². The second-order valence-electron chi connectivity index (χ2n) is 4.66. The summed E-state index contributed by atoms with van der Waals surface area (Å²) >= 11 is 0. The normalized spacial score (nSPS) is 11.0. The van der Waals surface area contributed by atoms with Gasteiger partial charge in [0.2, 0.25) is 0 Å². The van der Waals surface area contributed by atoms with Gasteiger partial charge in [-0.05, 0) is 38.0 Å². The first kappa shape index (κ1) is 17.8. The molecule has 6 heteroatoms. The standard InChI is InChI=1S/C16H24N2O4/c1-5-9-21-14-8-7-13(11-15(14)22-10-6-2)12(3)17-18-16(19)20-4/h7-8,11H,5-6,9-10H2,1-4H3,(H,18,19)/b17-12-. The molecule has 1 aromatic rings. The van der Waals surface area contributed by atoms with Crippen LogP contribution in [0.2, 0.25) is 0 Å². The van der Waals surface area contributed by atoms with Gasteiger partial charge < -0.3 is 14.2 Å². The summed E-state index contributed by atoms with van der Waals surface area (Å²) in [5.74, 6) is 1.40. The van der Waals surface area contributed by atoms with E-state index in [1.165, 1.54) is 7.11 Å². The summed E-state index contributed by atoms with van der Waals surface area (Å²) in [6.07, 6.45) is 1.23. The third-order valence-electron chi connectivity index (χ3n) is 2.79. The average Bonchev–Trinajstić information content (AvgIpc) is 2.55. The quantitative estimate of drug-likeness (QED) is 0.590. The lowest BCUT2D eigenvalue weighted by Crippen LogP contribution is -2.18. The summed E-state index contributed by atoms with van der Waals surface area (Å²) in [6, 6.07) is 5.59. The van der Waals surface area contributed by atoms with E-state index in [0.717, 1.165) is 18.4 Å². The fraction of sp³-hybridized carbons (Fsp3) is 0.500. The number of hydrogen-bond acceptors (Lipinski definition) is 5. The minimum atomic E-state index is -0.607. The maximum absolute atomic E-state index is 11.0. The third kappa shape index (κ3) is 5.63. The summed E-state index contributed by atoms with van der Waals surface area (Å²) < 4.78 is 15.9. The first-order chi connectivity index (χ1) is 10.6. The van der Waals surface area contributed by atoms with Gasteiger partial charge in [-0.25, -0.2) is 10.2 Å². The molecule has 22 heavy (non-hydrogen) atoms. The predicted molar refractivity (Wildman–Crippen MR) is 85.8 cm³/mol. The highest BCUT2D eigenvalue weighted by atomic mass is 16.5. The molecule has 0 aliphatic rings. The summed E-state index contributed by atoms with van der Waals surface area (Å²) in [7, 11) is 1.29. The molecular weight excluding hydrogens is 284 g/mol. The Morgan fingerprint density at radius 3 is 2.36 bits per heavy atom. The summed E-state index contributed by atoms with van der Waals surface area (Å²) in [5, 5.41) is 3.97. The maximum atomic E-state index is 11.0. The SMILES string of the molecule is CCCOc1ccc(/C(C)=N\NC(=O)OC)cc1OCCC. The molecule has 0 aliphatic carbocycles. The third-order valence-corrected chi connectivity index (χ3v) is 2.79. The zero-order valence-electron chi connectivity index (χ0n) is 13.6. The summed E-state index contributed by atoms with van der Waals surface area (Å²) in [4.78, 5) is 11.0. The monoisotopic (exact) mass is 308 g/mol. The Morgan fingerprint density at radius 1 is 1.14 bits per heavy atom. The van der Waals surface area contributed by atoms with Crippen molar-refractivity contribution in [1.29, 1.82) is 0 Å². The van der Waals surface area contributed by atoms with E-state index < -0.39 is 6.09 Å². The molecule has 0 saturated carbocycles. The summed E-state index contributed by atoms with van der Waals surface area (Å²) in [5.41, 5.74) is 3.78. The van der Waals surface area contributed by atoms with Crippen LogP contribution in [-0.2, 0) is 4.74 Å². The van der Waals surface area contributed by atoms with Gasteiger partial charge in [-0.3, -0.25) is 0 Å². The topological polar surface area (TPSA) is 69.2 Å². The van der Waals surface area contributed by atoms with Crippen LogP contribution in [0.1, 0.15) is 39.2 Å². The largest absolute Gasteiger partial charge is 0.490 e. The minimum absolute atomic E-state index is 0.607. The molecular formula is C16H24N2O4. The molecule has 1 N–H and O–H groups in total. The number of nitrogens with one attached hydrogen (secondary N) is 1. The van der Waals surface area contributed by atoms with Crippen molar-refractivity contribution in [2.24, 2.45) is 5.10 Å². The Balaban J connectivity index is 2.93. The van der Waals surface area contributed by atoms with Crippen molar-refractivity contribution in [3.05, 3.63) is 23.8 Å². The van der Waals surface area contributed by atoms with Crippen LogP contribution in [0.15, 0.2) is 23.3 Å². The predicted octanol–water partition coefficient (Wildman–Crippen LogP) is 3.34. The molecule has 0 bridgehead atoms. The number of benzene rings is 1. The average molecular weight is 308 g/mol. The molecule has 122 valence electrons. The zero-order valence-corrected chi connectivity index (χ0v) is 13.6. The van der Waals surface area contributed by atoms with Gasteiger partial charge in [0.1, 0.15) is 0 Å². The van der Waals surface area contributed by atoms with Gasteiger partial charge in [0.05, 0.1) is 26.0 Å². The highest BCUT2D eigenvalue weighted by Crippen LogP contribution is 2.29. The maximum Gasteiger partial charge on any atom is 0.427 e. The van der Waals surface area contributed by atoms with Gasteiger partial charge in [-0.2, -0.15) is 5.10 Å². The van der Waals surface area contributed by atoms with Crippen molar-refractivity contribution in [2.45, 2.75) is 33.6 Å². The fourth-order valence-electron chi connectivity index (χ4n) is 1.63. The van der Waals surface area contributed by atoms with Crippen molar-refractivity contribution in [3.8, 4) is 11.5 Å². The summed E-state index contributed by atoms with van der Waals surface area (Å²) in [6.45, 7) is 7.14. The van der Waals surface area contributed by atoms with Crippen LogP contribution >= 0.6 is 0 Å². The smallest absolute Gasteiger partial charge is 0.427 e. The number of hydrogen-bond donors (Lipinski definition) is 1. The first-order valence-electron chi connectivity index (χ1n) is 7.40. The number of rotatable bonds is 8. The van der Waals surface area contributed by atoms with E-state index in [-0.39, 0.29) is 0 Å². The molecule has 0 saturated heterocycles. The Morgan fingerprint density at radius 2 is 1.77 bits per heavy atom. The van der Waals surface area contributed by atoms with Crippen molar-refractivity contribution < 1.29 is 19.0 Å². The Bertz CT molecular complexity index is 515. The van der Waals surface area contributed by atoms with E-state index in [0.29, 0.717) is 30.4 Å². The highest BCUT2D eigenvalue weighted by Gasteiger charge is 2.09.